The number of nitrogens with zero attached hydrogens (tertiary/aromatic N) is 1. The van der Waals surface area contributed by atoms with Crippen LogP contribution in [0.4, 0.5) is 16.2 Å². The van der Waals surface area contributed by atoms with Crippen LogP contribution in [0, 0.1) is 5.92 Å². The van der Waals surface area contributed by atoms with Gasteiger partial charge in [-0.25, -0.2) is 4.79 Å². The highest BCUT2D eigenvalue weighted by atomic mass is 16.5. The van der Waals surface area contributed by atoms with E-state index >= 15 is 0 Å². The average molecular weight is 469 g/mol. The number of fused-ring (bicyclic) bond motifs is 1. The predicted molar refractivity (Wildman–Crippen MR) is 140 cm³/mol. The second kappa shape index (κ2) is 10.3. The second-order valence-corrected chi connectivity index (χ2v) is 9.66. The van der Waals surface area contributed by atoms with Gasteiger partial charge in [0.05, 0.1) is 7.11 Å². The summed E-state index contributed by atoms with van der Waals surface area (Å²) in [4.78, 5) is 26.2. The van der Waals surface area contributed by atoms with E-state index in [-0.39, 0.29) is 12.0 Å². The summed E-state index contributed by atoms with van der Waals surface area (Å²) < 4.78 is 4.83. The molecule has 0 unspecified atom stereocenters. The SMILES string of the molecule is COC(=O)C[C@H]1CC[C@H](c2ccc(-c3ccc4c(c3)CCN4C(=O)Nc3ccccc3)cc2)CC1. The highest BCUT2D eigenvalue weighted by Crippen LogP contribution is 2.38. The van der Waals surface area contributed by atoms with Crippen molar-refractivity contribution in [2.24, 2.45) is 5.92 Å². The van der Waals surface area contributed by atoms with Gasteiger partial charge in [-0.15, -0.1) is 0 Å². The lowest BCUT2D eigenvalue weighted by Gasteiger charge is -2.28. The molecule has 0 bridgehead atoms. The standard InChI is InChI=1S/C30H32N2O3/c1-35-29(33)19-21-7-9-22(10-8-21)23-11-13-24(14-12-23)25-15-16-28-26(20-25)17-18-32(28)30(34)31-27-5-3-2-4-6-27/h2-6,11-16,20-22H,7-10,17-19H2,1H3,(H,31,34)/t21-,22-. The lowest BCUT2D eigenvalue weighted by molar-refractivity contribution is -0.142. The van der Waals surface area contributed by atoms with Gasteiger partial charge in [0.2, 0.25) is 0 Å². The first-order valence-corrected chi connectivity index (χ1v) is 12.5. The van der Waals surface area contributed by atoms with Crippen molar-refractivity contribution >= 4 is 23.4 Å². The molecule has 5 nitrogen and oxygen atoms in total. The van der Waals surface area contributed by atoms with Crippen molar-refractivity contribution in [3.63, 3.8) is 0 Å². The second-order valence-electron chi connectivity index (χ2n) is 9.66. The van der Waals surface area contributed by atoms with E-state index in [9.17, 15) is 9.59 Å². The fraction of sp³-hybridized carbons (Fsp3) is 0.333. The number of amides is 2. The van der Waals surface area contributed by atoms with Crippen molar-refractivity contribution in [2.75, 3.05) is 23.9 Å². The molecular weight excluding hydrogens is 436 g/mol. The van der Waals surface area contributed by atoms with Crippen LogP contribution in [-0.2, 0) is 16.0 Å². The third kappa shape index (κ3) is 5.24. The van der Waals surface area contributed by atoms with Crippen molar-refractivity contribution < 1.29 is 14.3 Å². The maximum Gasteiger partial charge on any atom is 0.326 e. The normalized spacial score (nSPS) is 19.2. The number of benzene rings is 3. The van der Waals surface area contributed by atoms with Crippen LogP contribution < -0.4 is 10.2 Å². The lowest BCUT2D eigenvalue weighted by Crippen LogP contribution is -2.33. The molecule has 1 aliphatic carbocycles. The summed E-state index contributed by atoms with van der Waals surface area (Å²) in [5.74, 6) is 0.931. The Morgan fingerprint density at radius 3 is 2.34 bits per heavy atom. The Bertz CT molecular complexity index is 1180. The molecule has 2 amide bonds. The minimum Gasteiger partial charge on any atom is -0.469 e. The summed E-state index contributed by atoms with van der Waals surface area (Å²) in [6.07, 6.45) is 5.83. The number of urea groups is 1. The molecule has 1 fully saturated rings. The third-order valence-electron chi connectivity index (χ3n) is 7.49. The number of hydrogen-bond donors (Lipinski definition) is 1. The number of hydrogen-bond acceptors (Lipinski definition) is 3. The van der Waals surface area contributed by atoms with Crippen molar-refractivity contribution in [2.45, 2.75) is 44.4 Å². The first-order valence-electron chi connectivity index (χ1n) is 12.5. The zero-order chi connectivity index (χ0) is 24.2. The van der Waals surface area contributed by atoms with E-state index in [1.54, 1.807) is 0 Å². The fourth-order valence-electron chi connectivity index (χ4n) is 5.47. The van der Waals surface area contributed by atoms with Crippen molar-refractivity contribution in [3.8, 4) is 11.1 Å². The van der Waals surface area contributed by atoms with Crippen LogP contribution >= 0.6 is 0 Å². The molecule has 0 atom stereocenters. The van der Waals surface area contributed by atoms with Gasteiger partial charge in [-0.3, -0.25) is 9.69 Å². The summed E-state index contributed by atoms with van der Waals surface area (Å²) in [7, 11) is 1.47. The van der Waals surface area contributed by atoms with Crippen molar-refractivity contribution in [3.05, 3.63) is 83.9 Å². The first-order chi connectivity index (χ1) is 17.1. The van der Waals surface area contributed by atoms with E-state index in [1.165, 1.54) is 29.4 Å². The number of rotatable bonds is 5. The van der Waals surface area contributed by atoms with Gasteiger partial charge in [-0.2, -0.15) is 0 Å². The molecule has 2 aliphatic rings. The van der Waals surface area contributed by atoms with Crippen LogP contribution in [0.3, 0.4) is 0 Å². The smallest absolute Gasteiger partial charge is 0.326 e. The lowest BCUT2D eigenvalue weighted by atomic mass is 9.77. The van der Waals surface area contributed by atoms with Gasteiger partial charge >= 0.3 is 12.0 Å². The minimum absolute atomic E-state index is 0.0895. The number of esters is 1. The molecule has 180 valence electrons. The number of methoxy groups -OCH3 is 1. The molecule has 1 N–H and O–H groups in total. The number of carbonyl (C=O) groups excluding carboxylic acids is 2. The van der Waals surface area contributed by atoms with Gasteiger partial charge in [0, 0.05) is 24.3 Å². The summed E-state index contributed by atoms with van der Waals surface area (Å²) in [6.45, 7) is 0.690. The van der Waals surface area contributed by atoms with E-state index in [0.29, 0.717) is 24.8 Å². The van der Waals surface area contributed by atoms with Crippen LogP contribution in [0.25, 0.3) is 11.1 Å². The number of para-hydroxylation sites is 1. The summed E-state index contributed by atoms with van der Waals surface area (Å²) in [6, 6.07) is 24.8. The van der Waals surface area contributed by atoms with E-state index < -0.39 is 0 Å². The quantitative estimate of drug-likeness (QED) is 0.420. The van der Waals surface area contributed by atoms with Gasteiger partial charge in [-0.1, -0.05) is 48.5 Å². The molecule has 1 aliphatic heterocycles. The Hall–Kier alpha value is -3.60. The summed E-state index contributed by atoms with van der Waals surface area (Å²) in [5.41, 5.74) is 6.77. The predicted octanol–water partition coefficient (Wildman–Crippen LogP) is 6.79. The highest BCUT2D eigenvalue weighted by Gasteiger charge is 2.26. The van der Waals surface area contributed by atoms with E-state index in [1.807, 2.05) is 35.2 Å². The topological polar surface area (TPSA) is 58.6 Å². The zero-order valence-corrected chi connectivity index (χ0v) is 20.2. The van der Waals surface area contributed by atoms with E-state index in [0.717, 1.165) is 43.5 Å². The monoisotopic (exact) mass is 468 g/mol. The molecule has 5 rings (SSSR count). The van der Waals surface area contributed by atoms with Gasteiger partial charge in [0.1, 0.15) is 0 Å². The third-order valence-corrected chi connectivity index (χ3v) is 7.49. The molecular formula is C30H32N2O3. The maximum atomic E-state index is 12.8. The zero-order valence-electron chi connectivity index (χ0n) is 20.2. The van der Waals surface area contributed by atoms with Crippen LogP contribution in [0.1, 0.15) is 49.1 Å². The number of nitrogens with one attached hydrogen (secondary N) is 1. The van der Waals surface area contributed by atoms with Crippen LogP contribution in [0.2, 0.25) is 0 Å². The Morgan fingerprint density at radius 2 is 1.63 bits per heavy atom. The molecule has 0 saturated heterocycles. The molecule has 1 heterocycles. The van der Waals surface area contributed by atoms with Crippen LogP contribution in [0.15, 0.2) is 72.8 Å². The minimum atomic E-state index is -0.0907. The molecule has 0 aromatic heterocycles. The molecule has 1 saturated carbocycles. The van der Waals surface area contributed by atoms with E-state index in [2.05, 4.69) is 47.8 Å². The van der Waals surface area contributed by atoms with Crippen molar-refractivity contribution in [1.82, 2.24) is 0 Å². The highest BCUT2D eigenvalue weighted by molar-refractivity contribution is 6.03. The summed E-state index contributed by atoms with van der Waals surface area (Å²) >= 11 is 0. The molecule has 5 heteroatoms. The Morgan fingerprint density at radius 1 is 0.914 bits per heavy atom. The van der Waals surface area contributed by atoms with Gasteiger partial charge < -0.3 is 10.1 Å². The molecule has 35 heavy (non-hydrogen) atoms. The number of ether oxygens (including phenoxy) is 1. The average Bonchev–Trinajstić information content (AvgIpc) is 3.33. The largest absolute Gasteiger partial charge is 0.469 e. The van der Waals surface area contributed by atoms with E-state index in [4.69, 9.17) is 4.74 Å². The molecule has 0 spiro atoms. The number of anilines is 2. The molecule has 3 aromatic carbocycles. The van der Waals surface area contributed by atoms with Gasteiger partial charge in [0.15, 0.2) is 0 Å². The van der Waals surface area contributed by atoms with Crippen LogP contribution in [-0.4, -0.2) is 25.7 Å². The fourth-order valence-corrected chi connectivity index (χ4v) is 5.47. The Kier molecular flexibility index (Phi) is 6.84. The Balaban J connectivity index is 1.22. The molecule has 0 radical (unpaired) electrons. The van der Waals surface area contributed by atoms with Crippen LogP contribution in [0.5, 0.6) is 0 Å². The Labute approximate surface area is 207 Å². The number of carbonyl (C=O) groups is 2. The van der Waals surface area contributed by atoms with Gasteiger partial charge in [0.25, 0.3) is 0 Å². The summed E-state index contributed by atoms with van der Waals surface area (Å²) in [5, 5.41) is 2.99. The molecule has 3 aromatic rings. The maximum absolute atomic E-state index is 12.8. The first kappa shape index (κ1) is 23.2. The van der Waals surface area contributed by atoms with Gasteiger partial charge in [-0.05, 0) is 90.5 Å². The van der Waals surface area contributed by atoms with Crippen molar-refractivity contribution in [1.29, 1.82) is 0 Å².